The van der Waals surface area contributed by atoms with Crippen molar-refractivity contribution in [3.8, 4) is 0 Å². The molecule has 0 atom stereocenters. The van der Waals surface area contributed by atoms with Crippen LogP contribution >= 0.6 is 0 Å². The second kappa shape index (κ2) is 7.55. The van der Waals surface area contributed by atoms with Crippen LogP contribution in [0.5, 0.6) is 0 Å². The van der Waals surface area contributed by atoms with Gasteiger partial charge < -0.3 is 9.15 Å². The lowest BCUT2D eigenvalue weighted by molar-refractivity contribution is 0.0438. The average molecular weight is 397 g/mol. The summed E-state index contributed by atoms with van der Waals surface area (Å²) in [4.78, 5) is 18.0. The summed E-state index contributed by atoms with van der Waals surface area (Å²) >= 11 is 0. The van der Waals surface area contributed by atoms with E-state index in [1.807, 2.05) is 42.5 Å². The molecule has 1 aliphatic carbocycles. The smallest absolute Gasteiger partial charge is 0.339 e. The number of aryl methyl sites for hydroxylation is 1. The fourth-order valence-electron chi connectivity index (χ4n) is 3.86. The summed E-state index contributed by atoms with van der Waals surface area (Å²) in [6.07, 6.45) is 3.72. The van der Waals surface area contributed by atoms with Crippen molar-refractivity contribution >= 4 is 28.5 Å². The van der Waals surface area contributed by atoms with Crippen LogP contribution < -0.4 is 0 Å². The minimum atomic E-state index is -0.401. The first-order chi connectivity index (χ1) is 14.7. The third kappa shape index (κ3) is 3.37. The lowest BCUT2D eigenvalue weighted by Gasteiger charge is -2.11. The van der Waals surface area contributed by atoms with Crippen LogP contribution in [-0.2, 0) is 17.8 Å². The Morgan fingerprint density at radius 3 is 2.67 bits per heavy atom. The number of carbonyl (C=O) groups is 1. The Balaban J connectivity index is 1.56. The topological polar surface area (TPSA) is 78.1 Å². The predicted molar refractivity (Wildman–Crippen MR) is 113 cm³/mol. The number of benzene rings is 2. The van der Waals surface area contributed by atoms with Crippen molar-refractivity contribution in [3.63, 3.8) is 0 Å². The van der Waals surface area contributed by atoms with Crippen LogP contribution in [-0.4, -0.2) is 21.2 Å². The Labute approximate surface area is 173 Å². The highest BCUT2D eigenvalue weighted by molar-refractivity contribution is 6.07. The molecule has 5 rings (SSSR count). The Hall–Kier alpha value is -3.80. The van der Waals surface area contributed by atoms with Crippen molar-refractivity contribution in [1.29, 1.82) is 0 Å². The number of esters is 1. The Kier molecular flexibility index (Phi) is 4.59. The monoisotopic (exact) mass is 397 g/mol. The first-order valence-electron chi connectivity index (χ1n) is 9.83. The molecule has 6 nitrogen and oxygen atoms in total. The molecule has 0 saturated heterocycles. The van der Waals surface area contributed by atoms with Crippen molar-refractivity contribution in [1.82, 2.24) is 15.2 Å². The predicted octanol–water partition coefficient (Wildman–Crippen LogP) is 4.77. The van der Waals surface area contributed by atoms with Gasteiger partial charge in [-0.05, 0) is 41.7 Å². The van der Waals surface area contributed by atoms with Gasteiger partial charge in [0, 0.05) is 12.3 Å². The third-order valence-corrected chi connectivity index (χ3v) is 5.18. The number of fused-ring (bicyclic) bond motifs is 2. The van der Waals surface area contributed by atoms with Gasteiger partial charge >= 0.3 is 5.97 Å². The molecule has 0 spiro atoms. The van der Waals surface area contributed by atoms with Crippen LogP contribution in [0, 0.1) is 6.92 Å². The zero-order valence-electron chi connectivity index (χ0n) is 16.5. The first-order valence-corrected chi connectivity index (χ1v) is 9.83. The Morgan fingerprint density at radius 2 is 1.87 bits per heavy atom. The summed E-state index contributed by atoms with van der Waals surface area (Å²) in [5.74, 6) is 0.314. The minimum absolute atomic E-state index is 0.0577. The normalized spacial score (nSPS) is 14.2. The largest absolute Gasteiger partial charge is 0.452 e. The van der Waals surface area contributed by atoms with Gasteiger partial charge in [-0.1, -0.05) is 48.5 Å². The second-order valence-electron chi connectivity index (χ2n) is 7.20. The SMILES string of the molecule is Cc1nnc(COC(=O)c2c3c(nc4ccccc24)/C(=C/c2ccccc2)CC3)o1. The molecule has 2 heterocycles. The molecule has 0 amide bonds. The van der Waals surface area contributed by atoms with Crippen molar-refractivity contribution in [2.75, 3.05) is 0 Å². The number of carbonyl (C=O) groups excluding carboxylic acids is 1. The molecule has 0 N–H and O–H groups in total. The van der Waals surface area contributed by atoms with E-state index >= 15 is 0 Å². The van der Waals surface area contributed by atoms with E-state index in [-0.39, 0.29) is 12.5 Å². The zero-order chi connectivity index (χ0) is 20.5. The van der Waals surface area contributed by atoms with E-state index in [1.54, 1.807) is 6.92 Å². The van der Waals surface area contributed by atoms with Gasteiger partial charge in [-0.3, -0.25) is 0 Å². The molecule has 1 aliphatic rings. The van der Waals surface area contributed by atoms with E-state index in [0.717, 1.165) is 46.1 Å². The molecule has 148 valence electrons. The molecule has 0 aliphatic heterocycles. The summed E-state index contributed by atoms with van der Waals surface area (Å²) in [7, 11) is 0. The van der Waals surface area contributed by atoms with Gasteiger partial charge in [-0.2, -0.15) is 0 Å². The molecular formula is C24H19N3O3. The van der Waals surface area contributed by atoms with Crippen LogP contribution in [0.4, 0.5) is 0 Å². The van der Waals surface area contributed by atoms with Crippen LogP contribution in [0.1, 0.15) is 45.4 Å². The average Bonchev–Trinajstić information content (AvgIpc) is 3.37. The van der Waals surface area contributed by atoms with Gasteiger partial charge in [0.05, 0.1) is 16.8 Å². The maximum absolute atomic E-state index is 13.1. The van der Waals surface area contributed by atoms with Crippen molar-refractivity contribution < 1.29 is 13.9 Å². The first kappa shape index (κ1) is 18.2. The molecule has 0 radical (unpaired) electrons. The van der Waals surface area contributed by atoms with E-state index < -0.39 is 5.97 Å². The molecule has 2 aromatic heterocycles. The highest BCUT2D eigenvalue weighted by Gasteiger charge is 2.27. The van der Waals surface area contributed by atoms with Crippen LogP contribution in [0.2, 0.25) is 0 Å². The lowest BCUT2D eigenvalue weighted by atomic mass is 10.0. The molecule has 6 heteroatoms. The third-order valence-electron chi connectivity index (χ3n) is 5.18. The van der Waals surface area contributed by atoms with Gasteiger partial charge in [0.15, 0.2) is 6.61 Å². The molecule has 0 saturated carbocycles. The quantitative estimate of drug-likeness (QED) is 0.462. The number of hydrogen-bond donors (Lipinski definition) is 0. The number of allylic oxidation sites excluding steroid dienone is 1. The van der Waals surface area contributed by atoms with Crippen LogP contribution in [0.15, 0.2) is 59.0 Å². The highest BCUT2D eigenvalue weighted by atomic mass is 16.5. The van der Waals surface area contributed by atoms with Gasteiger partial charge in [0.1, 0.15) is 0 Å². The number of aromatic nitrogens is 3. The number of nitrogens with zero attached hydrogens (tertiary/aromatic N) is 3. The number of para-hydroxylation sites is 1. The van der Waals surface area contributed by atoms with Crippen molar-refractivity contribution in [2.24, 2.45) is 0 Å². The molecule has 2 aromatic carbocycles. The summed E-state index contributed by atoms with van der Waals surface area (Å²) in [5, 5.41) is 8.45. The van der Waals surface area contributed by atoms with Gasteiger partial charge in [0.2, 0.25) is 5.89 Å². The van der Waals surface area contributed by atoms with E-state index in [1.165, 1.54) is 0 Å². The molecule has 0 unspecified atom stereocenters. The molecule has 4 aromatic rings. The number of ether oxygens (including phenoxy) is 1. The van der Waals surface area contributed by atoms with E-state index in [2.05, 4.69) is 28.4 Å². The maximum Gasteiger partial charge on any atom is 0.339 e. The Bertz CT molecular complexity index is 1280. The summed E-state index contributed by atoms with van der Waals surface area (Å²) < 4.78 is 10.8. The van der Waals surface area contributed by atoms with Crippen LogP contribution in [0.3, 0.4) is 0 Å². The van der Waals surface area contributed by atoms with Crippen molar-refractivity contribution in [3.05, 3.63) is 88.8 Å². The van der Waals surface area contributed by atoms with Crippen LogP contribution in [0.25, 0.3) is 22.6 Å². The minimum Gasteiger partial charge on any atom is -0.452 e. The van der Waals surface area contributed by atoms with Gasteiger partial charge in [-0.15, -0.1) is 10.2 Å². The van der Waals surface area contributed by atoms with E-state index in [9.17, 15) is 4.79 Å². The molecular weight excluding hydrogens is 378 g/mol. The standard InChI is InChI=1S/C24H19N3O3/c1-15-26-27-21(30-15)14-29-24(28)22-18-9-5-6-10-20(18)25-23-17(11-12-19(22)23)13-16-7-3-2-4-8-16/h2-10,13H,11-12,14H2,1H3/b17-13+. The molecule has 0 fully saturated rings. The summed E-state index contributed by atoms with van der Waals surface area (Å²) in [6, 6.07) is 17.8. The molecule has 0 bridgehead atoms. The maximum atomic E-state index is 13.1. The zero-order valence-corrected chi connectivity index (χ0v) is 16.5. The van der Waals surface area contributed by atoms with Gasteiger partial charge in [-0.25, -0.2) is 9.78 Å². The fraction of sp³-hybridized carbons (Fsp3) is 0.167. The fourth-order valence-corrected chi connectivity index (χ4v) is 3.86. The van der Waals surface area contributed by atoms with E-state index in [0.29, 0.717) is 11.5 Å². The van der Waals surface area contributed by atoms with E-state index in [4.69, 9.17) is 14.1 Å². The summed E-state index contributed by atoms with van der Waals surface area (Å²) in [6.45, 7) is 1.64. The second-order valence-corrected chi connectivity index (χ2v) is 7.20. The number of pyridine rings is 1. The Morgan fingerprint density at radius 1 is 1.07 bits per heavy atom. The number of rotatable bonds is 4. The highest BCUT2D eigenvalue weighted by Crippen LogP contribution is 2.37. The molecule has 30 heavy (non-hydrogen) atoms. The number of hydrogen-bond acceptors (Lipinski definition) is 6. The summed E-state index contributed by atoms with van der Waals surface area (Å²) in [5.41, 5.74) is 5.40. The van der Waals surface area contributed by atoms with Gasteiger partial charge in [0.25, 0.3) is 5.89 Å². The lowest BCUT2D eigenvalue weighted by Crippen LogP contribution is -2.10. The van der Waals surface area contributed by atoms with Crippen molar-refractivity contribution in [2.45, 2.75) is 26.4 Å².